The van der Waals surface area contributed by atoms with Crippen LogP contribution in [0.15, 0.2) is 41.7 Å². The maximum absolute atomic E-state index is 12.5. The highest BCUT2D eigenvalue weighted by Gasteiger charge is 2.26. The van der Waals surface area contributed by atoms with E-state index in [1.807, 2.05) is 4.57 Å². The molecule has 0 spiro atoms. The highest BCUT2D eigenvalue weighted by atomic mass is 35.5. The Morgan fingerprint density at radius 1 is 1.12 bits per heavy atom. The van der Waals surface area contributed by atoms with E-state index in [0.29, 0.717) is 40.2 Å². The zero-order chi connectivity index (χ0) is 23.1. The summed E-state index contributed by atoms with van der Waals surface area (Å²) in [6.07, 6.45) is -0.674. The fourth-order valence-electron chi connectivity index (χ4n) is 3.64. The fraction of sp³-hybridized carbons (Fsp3) is 0.350. The molecule has 0 fully saturated rings. The Balaban J connectivity index is 1.73. The molecule has 0 unspecified atom stereocenters. The summed E-state index contributed by atoms with van der Waals surface area (Å²) in [6.45, 7) is 0.434. The summed E-state index contributed by atoms with van der Waals surface area (Å²) in [5.74, 6) is 0.530. The highest BCUT2D eigenvalue weighted by Crippen LogP contribution is 2.26. The van der Waals surface area contributed by atoms with Gasteiger partial charge in [-0.15, -0.1) is 0 Å². The Bertz CT molecular complexity index is 1400. The van der Waals surface area contributed by atoms with Crippen molar-refractivity contribution in [3.63, 3.8) is 0 Å². The molecule has 12 heteroatoms. The molecule has 170 valence electrons. The number of hydrogen-bond donors (Lipinski definition) is 0. The summed E-state index contributed by atoms with van der Waals surface area (Å²) < 4.78 is 65.3. The van der Waals surface area contributed by atoms with E-state index in [1.165, 1.54) is 17.1 Å². The number of sulfone groups is 1. The van der Waals surface area contributed by atoms with Gasteiger partial charge in [-0.3, -0.25) is 9.67 Å². The average molecular weight is 486 g/mol. The average Bonchev–Trinajstić information content (AvgIpc) is 3.23. The van der Waals surface area contributed by atoms with Crippen molar-refractivity contribution in [2.75, 3.05) is 6.26 Å². The van der Waals surface area contributed by atoms with Crippen molar-refractivity contribution in [2.24, 2.45) is 0 Å². The van der Waals surface area contributed by atoms with Crippen molar-refractivity contribution in [1.82, 2.24) is 24.3 Å². The maximum Gasteiger partial charge on any atom is 0.389 e. The normalized spacial score (nSPS) is 12.8. The largest absolute Gasteiger partial charge is 0.389 e. The van der Waals surface area contributed by atoms with Crippen LogP contribution in [0.5, 0.6) is 0 Å². The van der Waals surface area contributed by atoms with Gasteiger partial charge in [-0.1, -0.05) is 11.6 Å². The molecule has 0 aliphatic rings. The van der Waals surface area contributed by atoms with Gasteiger partial charge in [-0.2, -0.15) is 18.3 Å². The van der Waals surface area contributed by atoms with Gasteiger partial charge >= 0.3 is 6.18 Å². The molecule has 4 rings (SSSR count). The number of pyridine rings is 1. The number of imidazole rings is 1. The predicted octanol–water partition coefficient (Wildman–Crippen LogP) is 4.62. The molecular formula is C20H19ClF3N5O2S. The van der Waals surface area contributed by atoms with Gasteiger partial charge in [-0.25, -0.2) is 13.4 Å². The van der Waals surface area contributed by atoms with Crippen LogP contribution in [0.4, 0.5) is 13.2 Å². The molecule has 0 aliphatic heterocycles. The lowest BCUT2D eigenvalue weighted by Gasteiger charge is -2.11. The minimum atomic E-state index is -4.20. The van der Waals surface area contributed by atoms with Gasteiger partial charge in [-0.05, 0) is 37.1 Å². The first-order valence-corrected chi connectivity index (χ1v) is 12.0. The zero-order valence-corrected chi connectivity index (χ0v) is 18.5. The molecule has 0 saturated carbocycles. The monoisotopic (exact) mass is 485 g/mol. The number of alkyl halides is 3. The number of rotatable bonds is 7. The van der Waals surface area contributed by atoms with E-state index in [0.717, 1.165) is 11.8 Å². The van der Waals surface area contributed by atoms with Crippen LogP contribution in [0.25, 0.3) is 21.9 Å². The van der Waals surface area contributed by atoms with Crippen LogP contribution in [0.3, 0.4) is 0 Å². The molecule has 0 saturated heterocycles. The minimum absolute atomic E-state index is 0.0109. The SMILES string of the molecule is CS(=O)(=O)c1nn(Cc2nc3cc(Cl)ccc3n2CCCCC(F)(F)F)c2cnccc12. The molecule has 1 aromatic carbocycles. The standard InChI is InChI=1S/C20H19ClF3N5O2S/c1-32(30,31)19-14-6-8-25-11-17(14)29(27-19)12-18-26-15-10-13(21)4-5-16(15)28(18)9-3-2-7-20(22,23)24/h4-6,8,10-11H,2-3,7,9,12H2,1H3. The fourth-order valence-corrected chi connectivity index (χ4v) is 4.62. The third-order valence-electron chi connectivity index (χ3n) is 5.04. The van der Waals surface area contributed by atoms with Gasteiger partial charge in [0.05, 0.1) is 29.3 Å². The lowest BCUT2D eigenvalue weighted by molar-refractivity contribution is -0.135. The molecule has 7 nitrogen and oxygen atoms in total. The Kier molecular flexibility index (Phi) is 5.89. The number of aryl methyl sites for hydroxylation is 1. The Morgan fingerprint density at radius 2 is 1.91 bits per heavy atom. The number of aromatic nitrogens is 5. The summed E-state index contributed by atoms with van der Waals surface area (Å²) >= 11 is 6.08. The van der Waals surface area contributed by atoms with Crippen molar-refractivity contribution < 1.29 is 21.6 Å². The van der Waals surface area contributed by atoms with Crippen LogP contribution < -0.4 is 0 Å². The first-order valence-electron chi connectivity index (χ1n) is 9.75. The van der Waals surface area contributed by atoms with Gasteiger partial charge in [0.25, 0.3) is 0 Å². The minimum Gasteiger partial charge on any atom is -0.326 e. The van der Waals surface area contributed by atoms with Crippen molar-refractivity contribution >= 4 is 43.4 Å². The molecule has 32 heavy (non-hydrogen) atoms. The van der Waals surface area contributed by atoms with Crippen LogP contribution >= 0.6 is 11.6 Å². The van der Waals surface area contributed by atoms with E-state index in [9.17, 15) is 21.6 Å². The summed E-state index contributed by atoms with van der Waals surface area (Å²) in [4.78, 5) is 8.66. The topological polar surface area (TPSA) is 82.7 Å². The lowest BCUT2D eigenvalue weighted by Crippen LogP contribution is -2.12. The summed E-state index contributed by atoms with van der Waals surface area (Å²) in [5, 5.41) is 5.14. The lowest BCUT2D eigenvalue weighted by atomic mass is 10.2. The third-order valence-corrected chi connectivity index (χ3v) is 6.28. The molecule has 0 bridgehead atoms. The quantitative estimate of drug-likeness (QED) is 0.357. The summed E-state index contributed by atoms with van der Waals surface area (Å²) in [5.41, 5.74) is 1.84. The van der Waals surface area contributed by atoms with E-state index in [-0.39, 0.29) is 18.0 Å². The number of benzene rings is 1. The van der Waals surface area contributed by atoms with Crippen molar-refractivity contribution in [1.29, 1.82) is 0 Å². The number of nitrogens with zero attached hydrogens (tertiary/aromatic N) is 5. The van der Waals surface area contributed by atoms with E-state index in [4.69, 9.17) is 11.6 Å². The van der Waals surface area contributed by atoms with Crippen LogP contribution in [-0.4, -0.2) is 45.2 Å². The van der Waals surface area contributed by atoms with Crippen LogP contribution in [0.2, 0.25) is 5.02 Å². The number of fused-ring (bicyclic) bond motifs is 2. The van der Waals surface area contributed by atoms with Gasteiger partial charge in [0, 0.05) is 35.8 Å². The first kappa shape index (κ1) is 22.5. The van der Waals surface area contributed by atoms with Crippen molar-refractivity contribution in [3.8, 4) is 0 Å². The van der Waals surface area contributed by atoms with Crippen molar-refractivity contribution in [2.45, 2.75) is 43.6 Å². The van der Waals surface area contributed by atoms with Gasteiger partial charge < -0.3 is 4.57 Å². The number of hydrogen-bond acceptors (Lipinski definition) is 5. The predicted molar refractivity (Wildman–Crippen MR) is 114 cm³/mol. The van der Waals surface area contributed by atoms with Gasteiger partial charge in [0.2, 0.25) is 0 Å². The first-order chi connectivity index (χ1) is 15.0. The van der Waals surface area contributed by atoms with Crippen LogP contribution in [-0.2, 0) is 22.9 Å². The molecular weight excluding hydrogens is 467 g/mol. The molecule has 0 atom stereocenters. The molecule has 3 heterocycles. The smallest absolute Gasteiger partial charge is 0.326 e. The molecule has 0 aliphatic carbocycles. The molecule has 4 aromatic rings. The van der Waals surface area contributed by atoms with E-state index in [1.54, 1.807) is 24.3 Å². The zero-order valence-electron chi connectivity index (χ0n) is 17.0. The second kappa shape index (κ2) is 8.36. The van der Waals surface area contributed by atoms with E-state index < -0.39 is 22.4 Å². The highest BCUT2D eigenvalue weighted by molar-refractivity contribution is 7.90. The molecule has 0 amide bonds. The van der Waals surface area contributed by atoms with Crippen molar-refractivity contribution in [3.05, 3.63) is 47.5 Å². The number of halogens is 4. The number of unbranched alkanes of at least 4 members (excludes halogenated alkanes) is 1. The summed E-state index contributed by atoms with van der Waals surface area (Å²) in [6, 6.07) is 6.71. The van der Waals surface area contributed by atoms with Gasteiger partial charge in [0.1, 0.15) is 5.82 Å². The molecule has 3 aromatic heterocycles. The van der Waals surface area contributed by atoms with E-state index >= 15 is 0 Å². The van der Waals surface area contributed by atoms with Crippen LogP contribution in [0.1, 0.15) is 25.1 Å². The molecule has 0 N–H and O–H groups in total. The Morgan fingerprint density at radius 3 is 2.62 bits per heavy atom. The Hall–Kier alpha value is -2.66. The second-order valence-electron chi connectivity index (χ2n) is 7.51. The third kappa shape index (κ3) is 4.73. The van der Waals surface area contributed by atoms with E-state index in [2.05, 4.69) is 15.1 Å². The summed E-state index contributed by atoms with van der Waals surface area (Å²) in [7, 11) is -3.58. The molecule has 0 radical (unpaired) electrons. The maximum atomic E-state index is 12.5. The Labute approximate surface area is 186 Å². The van der Waals surface area contributed by atoms with Crippen LogP contribution in [0, 0.1) is 0 Å². The van der Waals surface area contributed by atoms with Gasteiger partial charge in [0.15, 0.2) is 14.9 Å². The second-order valence-corrected chi connectivity index (χ2v) is 9.88.